The van der Waals surface area contributed by atoms with Crippen LogP contribution in [0, 0.1) is 12.3 Å². The van der Waals surface area contributed by atoms with E-state index < -0.39 is 0 Å². The van der Waals surface area contributed by atoms with Crippen LogP contribution in [0.2, 0.25) is 0 Å². The van der Waals surface area contributed by atoms with Crippen LogP contribution in [0.25, 0.3) is 0 Å². The average Bonchev–Trinajstić information content (AvgIpc) is 2.29. The van der Waals surface area contributed by atoms with E-state index in [2.05, 4.69) is 64.2 Å². The first-order valence-electron chi connectivity index (χ1n) is 7.23. The molecule has 0 saturated heterocycles. The highest BCUT2D eigenvalue weighted by molar-refractivity contribution is 5.25. The largest absolute Gasteiger partial charge is 0.313 e. The van der Waals surface area contributed by atoms with Crippen molar-refractivity contribution in [2.75, 3.05) is 6.54 Å². The average molecular weight is 247 g/mol. The molecule has 0 aliphatic heterocycles. The molecule has 0 fully saturated rings. The highest BCUT2D eigenvalue weighted by Crippen LogP contribution is 2.24. The minimum Gasteiger partial charge on any atom is -0.313 e. The number of hydrogen-bond acceptors (Lipinski definition) is 1. The van der Waals surface area contributed by atoms with Crippen LogP contribution in [-0.4, -0.2) is 12.6 Å². The molecule has 1 unspecified atom stereocenters. The van der Waals surface area contributed by atoms with Crippen LogP contribution in [0.3, 0.4) is 0 Å². The Morgan fingerprint density at radius 1 is 1.17 bits per heavy atom. The van der Waals surface area contributed by atoms with Gasteiger partial charge in [-0.1, -0.05) is 52.0 Å². The Hall–Kier alpha value is -0.820. The normalized spacial score (nSPS) is 13.6. The summed E-state index contributed by atoms with van der Waals surface area (Å²) in [5.41, 5.74) is 3.24. The Balaban J connectivity index is 2.59. The van der Waals surface area contributed by atoms with Crippen molar-refractivity contribution in [2.45, 2.75) is 59.9 Å². The third kappa shape index (κ3) is 4.81. The molecule has 0 amide bonds. The van der Waals surface area contributed by atoms with Crippen molar-refractivity contribution in [1.29, 1.82) is 0 Å². The van der Waals surface area contributed by atoms with Gasteiger partial charge in [-0.15, -0.1) is 0 Å². The van der Waals surface area contributed by atoms with E-state index >= 15 is 0 Å². The highest BCUT2D eigenvalue weighted by atomic mass is 14.9. The summed E-state index contributed by atoms with van der Waals surface area (Å²) in [7, 11) is 0. The lowest BCUT2D eigenvalue weighted by Gasteiger charge is -2.32. The van der Waals surface area contributed by atoms with Gasteiger partial charge in [-0.3, -0.25) is 0 Å². The lowest BCUT2D eigenvalue weighted by molar-refractivity contribution is 0.255. The van der Waals surface area contributed by atoms with Gasteiger partial charge >= 0.3 is 0 Å². The van der Waals surface area contributed by atoms with E-state index in [4.69, 9.17) is 0 Å². The number of benzene rings is 1. The molecular formula is C17H29N. The first kappa shape index (κ1) is 15.2. The second-order valence-corrected chi connectivity index (χ2v) is 6.34. The van der Waals surface area contributed by atoms with Gasteiger partial charge in [0.1, 0.15) is 0 Å². The molecule has 0 aromatic heterocycles. The van der Waals surface area contributed by atoms with Gasteiger partial charge in [-0.05, 0) is 49.3 Å². The van der Waals surface area contributed by atoms with E-state index in [1.807, 2.05) is 0 Å². The maximum atomic E-state index is 3.70. The first-order chi connectivity index (χ1) is 8.45. The summed E-state index contributed by atoms with van der Waals surface area (Å²) in [6.45, 7) is 12.6. The molecule has 0 radical (unpaired) electrons. The van der Waals surface area contributed by atoms with Crippen molar-refractivity contribution in [3.63, 3.8) is 0 Å². The molecule has 1 nitrogen and oxygen atoms in total. The van der Waals surface area contributed by atoms with Gasteiger partial charge in [0, 0.05) is 6.04 Å². The van der Waals surface area contributed by atoms with Gasteiger partial charge in [0.2, 0.25) is 0 Å². The molecule has 1 atom stereocenters. The fourth-order valence-corrected chi connectivity index (χ4v) is 2.35. The SMILES string of the molecule is CCCNC(CCc1ccccc1C)C(C)(C)C. The molecule has 1 N–H and O–H groups in total. The molecule has 0 heterocycles. The van der Waals surface area contributed by atoms with E-state index in [9.17, 15) is 0 Å². The van der Waals surface area contributed by atoms with Gasteiger partial charge in [0.15, 0.2) is 0 Å². The van der Waals surface area contributed by atoms with Gasteiger partial charge in [-0.25, -0.2) is 0 Å². The quantitative estimate of drug-likeness (QED) is 0.788. The maximum Gasteiger partial charge on any atom is 0.0119 e. The summed E-state index contributed by atoms with van der Waals surface area (Å²) in [4.78, 5) is 0. The minimum absolute atomic E-state index is 0.331. The van der Waals surface area contributed by atoms with Crippen LogP contribution >= 0.6 is 0 Å². The lowest BCUT2D eigenvalue weighted by atomic mass is 9.83. The van der Waals surface area contributed by atoms with Crippen LogP contribution < -0.4 is 5.32 Å². The van der Waals surface area contributed by atoms with Gasteiger partial charge in [0.25, 0.3) is 0 Å². The van der Waals surface area contributed by atoms with E-state index in [1.54, 1.807) is 0 Å². The van der Waals surface area contributed by atoms with Crippen LogP contribution in [-0.2, 0) is 6.42 Å². The number of rotatable bonds is 6. The molecule has 0 saturated carbocycles. The van der Waals surface area contributed by atoms with E-state index in [0.717, 1.165) is 6.54 Å². The molecule has 1 aromatic rings. The first-order valence-corrected chi connectivity index (χ1v) is 7.23. The standard InChI is InChI=1S/C17H29N/c1-6-13-18-16(17(3,4)5)12-11-15-10-8-7-9-14(15)2/h7-10,16,18H,6,11-13H2,1-5H3. The van der Waals surface area contributed by atoms with Crippen LogP contribution in [0.15, 0.2) is 24.3 Å². The molecule has 0 aliphatic rings. The predicted molar refractivity (Wildman–Crippen MR) is 81.0 cm³/mol. The van der Waals surface area contributed by atoms with Crippen LogP contribution in [0.1, 0.15) is 51.7 Å². The fraction of sp³-hybridized carbons (Fsp3) is 0.647. The Morgan fingerprint density at radius 2 is 1.83 bits per heavy atom. The van der Waals surface area contributed by atoms with Crippen molar-refractivity contribution in [2.24, 2.45) is 5.41 Å². The zero-order valence-electron chi connectivity index (χ0n) is 12.7. The number of aryl methyl sites for hydroxylation is 2. The third-order valence-corrected chi connectivity index (χ3v) is 3.65. The smallest absolute Gasteiger partial charge is 0.0119 e. The van der Waals surface area contributed by atoms with Gasteiger partial charge in [0.05, 0.1) is 0 Å². The number of nitrogens with one attached hydrogen (secondary N) is 1. The Bertz CT molecular complexity index is 349. The highest BCUT2D eigenvalue weighted by Gasteiger charge is 2.23. The Morgan fingerprint density at radius 3 is 2.39 bits per heavy atom. The summed E-state index contributed by atoms with van der Waals surface area (Å²) in [5.74, 6) is 0. The lowest BCUT2D eigenvalue weighted by Crippen LogP contribution is -2.41. The summed E-state index contributed by atoms with van der Waals surface area (Å²) in [6, 6.07) is 9.33. The van der Waals surface area contributed by atoms with Crippen molar-refractivity contribution < 1.29 is 0 Å². The monoisotopic (exact) mass is 247 g/mol. The zero-order chi connectivity index (χ0) is 13.6. The topological polar surface area (TPSA) is 12.0 Å². The molecular weight excluding hydrogens is 218 g/mol. The van der Waals surface area contributed by atoms with Crippen molar-refractivity contribution in [3.05, 3.63) is 35.4 Å². The third-order valence-electron chi connectivity index (χ3n) is 3.65. The second kappa shape index (κ2) is 6.94. The summed E-state index contributed by atoms with van der Waals surface area (Å²) in [5, 5.41) is 3.70. The van der Waals surface area contributed by atoms with Crippen LogP contribution in [0.5, 0.6) is 0 Å². The molecule has 0 spiro atoms. The minimum atomic E-state index is 0.331. The molecule has 0 aliphatic carbocycles. The molecule has 1 rings (SSSR count). The molecule has 0 bridgehead atoms. The number of hydrogen-bond donors (Lipinski definition) is 1. The Labute approximate surface area is 113 Å². The van der Waals surface area contributed by atoms with Crippen LogP contribution in [0.4, 0.5) is 0 Å². The van der Waals surface area contributed by atoms with E-state index in [1.165, 1.54) is 30.4 Å². The predicted octanol–water partition coefficient (Wildman–Crippen LogP) is 4.34. The van der Waals surface area contributed by atoms with E-state index in [0.29, 0.717) is 11.5 Å². The summed E-state index contributed by atoms with van der Waals surface area (Å²) in [6.07, 6.45) is 3.59. The zero-order valence-corrected chi connectivity index (χ0v) is 12.7. The second-order valence-electron chi connectivity index (χ2n) is 6.34. The van der Waals surface area contributed by atoms with Crippen molar-refractivity contribution >= 4 is 0 Å². The van der Waals surface area contributed by atoms with Gasteiger partial charge < -0.3 is 5.32 Å². The van der Waals surface area contributed by atoms with Crippen molar-refractivity contribution in [1.82, 2.24) is 5.32 Å². The summed E-state index contributed by atoms with van der Waals surface area (Å²) < 4.78 is 0. The molecule has 1 heteroatoms. The Kier molecular flexibility index (Phi) is 5.87. The molecule has 18 heavy (non-hydrogen) atoms. The van der Waals surface area contributed by atoms with Crippen molar-refractivity contribution in [3.8, 4) is 0 Å². The van der Waals surface area contributed by atoms with Gasteiger partial charge in [-0.2, -0.15) is 0 Å². The molecule has 102 valence electrons. The summed E-state index contributed by atoms with van der Waals surface area (Å²) >= 11 is 0. The molecule has 1 aromatic carbocycles. The maximum absolute atomic E-state index is 3.70. The fourth-order valence-electron chi connectivity index (χ4n) is 2.35. The van der Waals surface area contributed by atoms with E-state index in [-0.39, 0.29) is 0 Å².